The second kappa shape index (κ2) is 11.4. The first-order valence-corrected chi connectivity index (χ1v) is 11.8. The van der Waals surface area contributed by atoms with Gasteiger partial charge in [0.1, 0.15) is 6.04 Å². The molecular weight excluding hydrogens is 466 g/mol. The molecule has 0 aliphatic rings. The molecule has 11 heteroatoms. The molecule has 9 nitrogen and oxygen atoms in total. The monoisotopic (exact) mass is 487 g/mol. The number of hydrogen-bond donors (Lipinski definition) is 4. The Morgan fingerprint density at radius 1 is 1.12 bits per heavy atom. The Morgan fingerprint density at radius 2 is 1.88 bits per heavy atom. The van der Waals surface area contributed by atoms with Gasteiger partial charge in [-0.2, -0.15) is 0 Å². The maximum absolute atomic E-state index is 12.4. The SMILES string of the molecule is O=C(O)CCC(NC(=O)c1ccc(CCSc2nc(-c3ccccc3)cc(=O)[nH]2)s1)C(=O)O. The molecule has 2 aromatic heterocycles. The average molecular weight is 488 g/mol. The molecule has 2 heterocycles. The van der Waals surface area contributed by atoms with Gasteiger partial charge in [-0.1, -0.05) is 42.1 Å². The van der Waals surface area contributed by atoms with E-state index in [0.717, 1.165) is 10.4 Å². The second-order valence-corrected chi connectivity index (χ2v) is 9.21. The number of H-pyrrole nitrogens is 1. The number of aliphatic carboxylic acids is 2. The standard InChI is InChI=1S/C22H21N3O6S2/c26-18-12-16(13-4-2-1-3-5-13)24-22(25-18)32-11-10-14-6-8-17(33-14)20(29)23-15(21(30)31)7-9-19(27)28/h1-6,8,12,15H,7,9-11H2,(H,23,29)(H,27,28)(H,30,31)(H,24,25,26). The predicted octanol–water partition coefficient (Wildman–Crippen LogP) is 2.88. The lowest BCUT2D eigenvalue weighted by Crippen LogP contribution is -2.40. The summed E-state index contributed by atoms with van der Waals surface area (Å²) in [4.78, 5) is 54.7. The van der Waals surface area contributed by atoms with Gasteiger partial charge >= 0.3 is 11.9 Å². The number of aromatic amines is 1. The first-order chi connectivity index (χ1) is 15.8. The Bertz CT molecular complexity index is 1190. The van der Waals surface area contributed by atoms with Crippen molar-refractivity contribution in [1.29, 1.82) is 0 Å². The Balaban J connectivity index is 1.56. The van der Waals surface area contributed by atoms with E-state index in [2.05, 4.69) is 15.3 Å². The van der Waals surface area contributed by atoms with Crippen LogP contribution in [0.2, 0.25) is 0 Å². The van der Waals surface area contributed by atoms with E-state index in [0.29, 0.717) is 27.9 Å². The fourth-order valence-electron chi connectivity index (χ4n) is 2.90. The third kappa shape index (κ3) is 7.29. The first-order valence-electron chi connectivity index (χ1n) is 9.95. The number of hydrogen-bond acceptors (Lipinski definition) is 7. The fraction of sp³-hybridized carbons (Fsp3) is 0.227. The zero-order valence-corrected chi connectivity index (χ0v) is 18.9. The highest BCUT2D eigenvalue weighted by atomic mass is 32.2. The Morgan fingerprint density at radius 3 is 2.58 bits per heavy atom. The van der Waals surface area contributed by atoms with Crippen LogP contribution in [-0.4, -0.2) is 49.8 Å². The van der Waals surface area contributed by atoms with Gasteiger partial charge in [-0.05, 0) is 25.0 Å². The van der Waals surface area contributed by atoms with Crippen LogP contribution in [-0.2, 0) is 16.0 Å². The van der Waals surface area contributed by atoms with Gasteiger partial charge in [0, 0.05) is 28.7 Å². The van der Waals surface area contributed by atoms with Gasteiger partial charge in [0.25, 0.3) is 11.5 Å². The molecule has 0 saturated carbocycles. The molecule has 33 heavy (non-hydrogen) atoms. The van der Waals surface area contributed by atoms with Crippen LogP contribution < -0.4 is 10.9 Å². The Hall–Kier alpha value is -3.44. The summed E-state index contributed by atoms with van der Waals surface area (Å²) in [6, 6.07) is 13.0. The van der Waals surface area contributed by atoms with Crippen molar-refractivity contribution in [3.63, 3.8) is 0 Å². The number of nitrogens with zero attached hydrogens (tertiary/aromatic N) is 1. The number of amides is 1. The van der Waals surface area contributed by atoms with E-state index in [9.17, 15) is 24.3 Å². The maximum atomic E-state index is 12.4. The van der Waals surface area contributed by atoms with E-state index in [1.165, 1.54) is 29.2 Å². The zero-order chi connectivity index (χ0) is 23.8. The molecular formula is C22H21N3O6S2. The normalized spacial score (nSPS) is 11.6. The summed E-state index contributed by atoms with van der Waals surface area (Å²) in [5.74, 6) is -2.36. The summed E-state index contributed by atoms with van der Waals surface area (Å²) in [6.07, 6.45) is 0.0630. The van der Waals surface area contributed by atoms with Gasteiger partial charge in [0.05, 0.1) is 10.6 Å². The third-order valence-corrected chi connectivity index (χ3v) is 6.53. The summed E-state index contributed by atoms with van der Waals surface area (Å²) in [6.45, 7) is 0. The lowest BCUT2D eigenvalue weighted by Gasteiger charge is -2.12. The maximum Gasteiger partial charge on any atom is 0.326 e. The average Bonchev–Trinajstić information content (AvgIpc) is 3.25. The van der Waals surface area contributed by atoms with Gasteiger partial charge in [-0.25, -0.2) is 9.78 Å². The highest BCUT2D eigenvalue weighted by Crippen LogP contribution is 2.22. The van der Waals surface area contributed by atoms with Crippen molar-refractivity contribution >= 4 is 40.9 Å². The molecule has 172 valence electrons. The van der Waals surface area contributed by atoms with Crippen LogP contribution in [0, 0.1) is 0 Å². The topological polar surface area (TPSA) is 149 Å². The molecule has 0 spiro atoms. The number of benzene rings is 1. The van der Waals surface area contributed by atoms with Gasteiger partial charge in [-0.15, -0.1) is 11.3 Å². The minimum absolute atomic E-state index is 0.196. The molecule has 0 saturated heterocycles. The van der Waals surface area contributed by atoms with E-state index in [4.69, 9.17) is 5.11 Å². The number of aromatic nitrogens is 2. The molecule has 1 amide bonds. The molecule has 3 aromatic rings. The minimum atomic E-state index is -1.28. The van der Waals surface area contributed by atoms with E-state index in [1.54, 1.807) is 12.1 Å². The van der Waals surface area contributed by atoms with Gasteiger partial charge < -0.3 is 20.5 Å². The van der Waals surface area contributed by atoms with Crippen LogP contribution in [0.4, 0.5) is 0 Å². The number of carbonyl (C=O) groups excluding carboxylic acids is 1. The molecule has 0 aliphatic heterocycles. The van der Waals surface area contributed by atoms with Crippen LogP contribution in [0.25, 0.3) is 11.3 Å². The van der Waals surface area contributed by atoms with E-state index >= 15 is 0 Å². The van der Waals surface area contributed by atoms with Crippen molar-refractivity contribution in [1.82, 2.24) is 15.3 Å². The summed E-state index contributed by atoms with van der Waals surface area (Å²) in [5.41, 5.74) is 1.20. The van der Waals surface area contributed by atoms with E-state index in [-0.39, 0.29) is 18.4 Å². The molecule has 0 aliphatic carbocycles. The van der Waals surface area contributed by atoms with E-state index in [1.807, 2.05) is 30.3 Å². The molecule has 1 aromatic carbocycles. The number of nitrogens with one attached hydrogen (secondary N) is 2. The number of thiophene rings is 1. The van der Waals surface area contributed by atoms with Crippen LogP contribution in [0.15, 0.2) is 58.5 Å². The second-order valence-electron chi connectivity index (χ2n) is 6.96. The largest absolute Gasteiger partial charge is 0.481 e. The number of carboxylic acid groups (broad SMARTS) is 2. The van der Waals surface area contributed by atoms with Gasteiger partial charge in [0.2, 0.25) is 0 Å². The van der Waals surface area contributed by atoms with Crippen molar-refractivity contribution in [2.75, 3.05) is 5.75 Å². The fourth-order valence-corrected chi connectivity index (χ4v) is 4.79. The zero-order valence-electron chi connectivity index (χ0n) is 17.3. The lowest BCUT2D eigenvalue weighted by atomic mass is 10.1. The van der Waals surface area contributed by atoms with Crippen LogP contribution >= 0.6 is 23.1 Å². The molecule has 1 unspecified atom stereocenters. The van der Waals surface area contributed by atoms with Crippen LogP contribution in [0.3, 0.4) is 0 Å². The quantitative estimate of drug-likeness (QED) is 0.238. The molecule has 0 radical (unpaired) electrons. The molecule has 3 rings (SSSR count). The third-order valence-electron chi connectivity index (χ3n) is 4.51. The number of carboxylic acids is 2. The van der Waals surface area contributed by atoms with E-state index < -0.39 is 23.9 Å². The number of rotatable bonds is 11. The summed E-state index contributed by atoms with van der Waals surface area (Å²) in [5, 5.41) is 20.8. The van der Waals surface area contributed by atoms with Crippen LogP contribution in [0.1, 0.15) is 27.4 Å². The summed E-state index contributed by atoms with van der Waals surface area (Å²) in [7, 11) is 0. The molecule has 0 bridgehead atoms. The van der Waals surface area contributed by atoms with Crippen LogP contribution in [0.5, 0.6) is 0 Å². The highest BCUT2D eigenvalue weighted by Gasteiger charge is 2.22. The lowest BCUT2D eigenvalue weighted by molar-refractivity contribution is -0.140. The predicted molar refractivity (Wildman–Crippen MR) is 125 cm³/mol. The van der Waals surface area contributed by atoms with Gasteiger partial charge in [0.15, 0.2) is 5.16 Å². The first kappa shape index (κ1) is 24.2. The number of carbonyl (C=O) groups is 3. The van der Waals surface area contributed by atoms with Crippen molar-refractivity contribution < 1.29 is 24.6 Å². The molecule has 1 atom stereocenters. The highest BCUT2D eigenvalue weighted by molar-refractivity contribution is 7.99. The van der Waals surface area contributed by atoms with Crippen molar-refractivity contribution in [3.05, 3.63) is 68.6 Å². The summed E-state index contributed by atoms with van der Waals surface area (Å²) < 4.78 is 0. The summed E-state index contributed by atoms with van der Waals surface area (Å²) >= 11 is 2.62. The van der Waals surface area contributed by atoms with Gasteiger partial charge in [-0.3, -0.25) is 14.4 Å². The molecule has 0 fully saturated rings. The smallest absolute Gasteiger partial charge is 0.326 e. The van der Waals surface area contributed by atoms with Crippen molar-refractivity contribution in [3.8, 4) is 11.3 Å². The Kier molecular flexibility index (Phi) is 8.39. The van der Waals surface area contributed by atoms with Crippen molar-refractivity contribution in [2.45, 2.75) is 30.5 Å². The number of thioether (sulfide) groups is 1. The van der Waals surface area contributed by atoms with Crippen molar-refractivity contribution in [2.24, 2.45) is 0 Å². The number of aryl methyl sites for hydroxylation is 1. The Labute approximate surface area is 196 Å². The molecule has 4 N–H and O–H groups in total. The minimum Gasteiger partial charge on any atom is -0.481 e.